The third kappa shape index (κ3) is 4.95. The number of anilines is 2. The van der Waals surface area contributed by atoms with E-state index in [0.717, 1.165) is 5.75 Å². The van der Waals surface area contributed by atoms with Crippen LogP contribution in [0.15, 0.2) is 27.8 Å². The molecule has 0 aliphatic rings. The number of nitrogens with two attached hydrogens (primary N) is 1. The Morgan fingerprint density at radius 2 is 2.29 bits per heavy atom. The lowest BCUT2D eigenvalue weighted by atomic mass is 10.2. The standard InChI is InChI=1S/C13H15ClN4O2S/c1-8-17-18-13(20-8)21-6-2-3-12(19)16-11-5-4-9(15)7-10(11)14/h4-5,7H,2-3,6,15H2,1H3,(H,16,19). The van der Waals surface area contributed by atoms with Crippen LogP contribution in [0.1, 0.15) is 18.7 Å². The maximum absolute atomic E-state index is 11.8. The van der Waals surface area contributed by atoms with Gasteiger partial charge in [0.05, 0.1) is 10.7 Å². The monoisotopic (exact) mass is 326 g/mol. The number of halogens is 1. The highest BCUT2D eigenvalue weighted by Gasteiger charge is 2.07. The van der Waals surface area contributed by atoms with E-state index in [0.29, 0.717) is 40.4 Å². The minimum Gasteiger partial charge on any atom is -0.416 e. The highest BCUT2D eigenvalue weighted by molar-refractivity contribution is 7.99. The molecule has 0 aliphatic carbocycles. The molecule has 2 aromatic rings. The molecule has 0 fully saturated rings. The van der Waals surface area contributed by atoms with Crippen LogP contribution in [0.25, 0.3) is 0 Å². The summed E-state index contributed by atoms with van der Waals surface area (Å²) in [7, 11) is 0. The molecule has 0 unspecified atom stereocenters. The Balaban J connectivity index is 1.72. The van der Waals surface area contributed by atoms with Crippen molar-refractivity contribution in [2.24, 2.45) is 0 Å². The molecule has 6 nitrogen and oxygen atoms in total. The highest BCUT2D eigenvalue weighted by Crippen LogP contribution is 2.24. The van der Waals surface area contributed by atoms with Crippen LogP contribution in [0, 0.1) is 6.92 Å². The smallest absolute Gasteiger partial charge is 0.276 e. The van der Waals surface area contributed by atoms with Crippen molar-refractivity contribution < 1.29 is 9.21 Å². The Kier molecular flexibility index (Phi) is 5.46. The van der Waals surface area contributed by atoms with Gasteiger partial charge in [0.25, 0.3) is 5.22 Å². The van der Waals surface area contributed by atoms with Crippen LogP contribution in [-0.4, -0.2) is 21.9 Å². The number of hydrogen-bond acceptors (Lipinski definition) is 6. The fraction of sp³-hybridized carbons (Fsp3) is 0.308. The zero-order chi connectivity index (χ0) is 15.2. The molecular formula is C13H15ClN4O2S. The Hall–Kier alpha value is -1.73. The van der Waals surface area contributed by atoms with Crippen molar-refractivity contribution in [3.8, 4) is 0 Å². The van der Waals surface area contributed by atoms with E-state index in [4.69, 9.17) is 21.8 Å². The van der Waals surface area contributed by atoms with Crippen LogP contribution in [0.2, 0.25) is 5.02 Å². The van der Waals surface area contributed by atoms with Gasteiger partial charge in [0.2, 0.25) is 11.8 Å². The number of carbonyl (C=O) groups is 1. The number of nitrogens with zero attached hydrogens (tertiary/aromatic N) is 2. The minimum absolute atomic E-state index is 0.0935. The number of aromatic nitrogens is 2. The third-order valence-electron chi connectivity index (χ3n) is 2.55. The maximum Gasteiger partial charge on any atom is 0.276 e. The molecule has 1 heterocycles. The molecule has 3 N–H and O–H groups in total. The molecular weight excluding hydrogens is 312 g/mol. The van der Waals surface area contributed by atoms with Gasteiger partial charge in [-0.25, -0.2) is 0 Å². The number of rotatable bonds is 6. The number of nitrogens with one attached hydrogen (secondary N) is 1. The van der Waals surface area contributed by atoms with Crippen LogP contribution in [0.4, 0.5) is 11.4 Å². The highest BCUT2D eigenvalue weighted by atomic mass is 35.5. The first-order valence-corrected chi connectivity index (χ1v) is 7.69. The van der Waals surface area contributed by atoms with Crippen molar-refractivity contribution in [1.82, 2.24) is 10.2 Å². The molecule has 112 valence electrons. The van der Waals surface area contributed by atoms with Crippen molar-refractivity contribution in [2.75, 3.05) is 16.8 Å². The van der Waals surface area contributed by atoms with Gasteiger partial charge in [0.1, 0.15) is 0 Å². The summed E-state index contributed by atoms with van der Waals surface area (Å²) in [4.78, 5) is 11.8. The molecule has 1 aromatic heterocycles. The quantitative estimate of drug-likeness (QED) is 0.481. The lowest BCUT2D eigenvalue weighted by Crippen LogP contribution is -2.11. The molecule has 0 atom stereocenters. The maximum atomic E-state index is 11.8. The van der Waals surface area contributed by atoms with E-state index in [9.17, 15) is 4.79 Å². The molecule has 1 amide bonds. The van der Waals surface area contributed by atoms with Gasteiger partial charge in [0, 0.05) is 24.8 Å². The second-order valence-corrected chi connectivity index (χ2v) is 5.78. The Labute approximate surface area is 131 Å². The molecule has 0 saturated heterocycles. The summed E-state index contributed by atoms with van der Waals surface area (Å²) >= 11 is 7.42. The van der Waals surface area contributed by atoms with E-state index in [-0.39, 0.29) is 5.91 Å². The lowest BCUT2D eigenvalue weighted by molar-refractivity contribution is -0.116. The van der Waals surface area contributed by atoms with Gasteiger partial charge >= 0.3 is 0 Å². The second-order valence-electron chi connectivity index (χ2n) is 4.33. The Morgan fingerprint density at radius 3 is 2.95 bits per heavy atom. The van der Waals surface area contributed by atoms with Gasteiger partial charge in [-0.05, 0) is 24.6 Å². The number of nitrogen functional groups attached to an aromatic ring is 1. The molecule has 1 aromatic carbocycles. The molecule has 21 heavy (non-hydrogen) atoms. The first-order valence-electron chi connectivity index (χ1n) is 6.32. The number of hydrogen-bond donors (Lipinski definition) is 2. The summed E-state index contributed by atoms with van der Waals surface area (Å²) in [6, 6.07) is 4.98. The molecule has 0 saturated carbocycles. The zero-order valence-corrected chi connectivity index (χ0v) is 13.0. The van der Waals surface area contributed by atoms with E-state index >= 15 is 0 Å². The topological polar surface area (TPSA) is 94.0 Å². The Morgan fingerprint density at radius 1 is 1.48 bits per heavy atom. The van der Waals surface area contributed by atoms with Crippen molar-refractivity contribution in [3.63, 3.8) is 0 Å². The van der Waals surface area contributed by atoms with Crippen LogP contribution in [-0.2, 0) is 4.79 Å². The molecule has 0 bridgehead atoms. The fourth-order valence-electron chi connectivity index (χ4n) is 1.57. The van der Waals surface area contributed by atoms with Gasteiger partial charge in [-0.3, -0.25) is 4.79 Å². The van der Waals surface area contributed by atoms with Gasteiger partial charge in [-0.2, -0.15) is 0 Å². The summed E-state index contributed by atoms with van der Waals surface area (Å²) in [6.45, 7) is 1.74. The average molecular weight is 327 g/mol. The SMILES string of the molecule is Cc1nnc(SCCCC(=O)Nc2ccc(N)cc2Cl)o1. The Bertz CT molecular complexity index is 632. The largest absolute Gasteiger partial charge is 0.416 e. The van der Waals surface area contributed by atoms with E-state index < -0.39 is 0 Å². The predicted molar refractivity (Wildman–Crippen MR) is 83.5 cm³/mol. The van der Waals surface area contributed by atoms with E-state index in [1.54, 1.807) is 25.1 Å². The van der Waals surface area contributed by atoms with Crippen molar-refractivity contribution in [2.45, 2.75) is 25.0 Å². The van der Waals surface area contributed by atoms with Crippen molar-refractivity contribution in [1.29, 1.82) is 0 Å². The first-order chi connectivity index (χ1) is 10.0. The molecule has 2 rings (SSSR count). The van der Waals surface area contributed by atoms with Crippen molar-refractivity contribution in [3.05, 3.63) is 29.1 Å². The summed E-state index contributed by atoms with van der Waals surface area (Å²) in [6.07, 6.45) is 1.09. The number of carbonyl (C=O) groups excluding carboxylic acids is 1. The van der Waals surface area contributed by atoms with Crippen molar-refractivity contribution >= 4 is 40.6 Å². The van der Waals surface area contributed by atoms with E-state index in [1.807, 2.05) is 0 Å². The van der Waals surface area contributed by atoms with Crippen LogP contribution in [0.5, 0.6) is 0 Å². The summed E-state index contributed by atoms with van der Waals surface area (Å²) in [5.41, 5.74) is 6.72. The van der Waals surface area contributed by atoms with Gasteiger partial charge in [0.15, 0.2) is 0 Å². The molecule has 8 heteroatoms. The summed E-state index contributed by atoms with van der Waals surface area (Å²) in [5.74, 6) is 1.17. The second kappa shape index (κ2) is 7.33. The zero-order valence-electron chi connectivity index (χ0n) is 11.4. The van der Waals surface area contributed by atoms with Gasteiger partial charge in [-0.1, -0.05) is 23.4 Å². The van der Waals surface area contributed by atoms with E-state index in [1.165, 1.54) is 11.8 Å². The first kappa shape index (κ1) is 15.7. The normalized spacial score (nSPS) is 10.6. The van der Waals surface area contributed by atoms with Crippen LogP contribution in [0.3, 0.4) is 0 Å². The third-order valence-corrected chi connectivity index (χ3v) is 3.77. The number of amides is 1. The number of thioether (sulfide) groups is 1. The number of benzene rings is 1. The van der Waals surface area contributed by atoms with E-state index in [2.05, 4.69) is 15.5 Å². The summed E-state index contributed by atoms with van der Waals surface area (Å²) < 4.78 is 5.22. The fourth-order valence-corrected chi connectivity index (χ4v) is 2.55. The van der Waals surface area contributed by atoms with Gasteiger partial charge < -0.3 is 15.5 Å². The number of aryl methyl sites for hydroxylation is 1. The summed E-state index contributed by atoms with van der Waals surface area (Å²) in [5, 5.41) is 11.3. The van der Waals surface area contributed by atoms with Crippen LogP contribution >= 0.6 is 23.4 Å². The molecule has 0 aliphatic heterocycles. The van der Waals surface area contributed by atoms with Gasteiger partial charge in [-0.15, -0.1) is 10.2 Å². The lowest BCUT2D eigenvalue weighted by Gasteiger charge is -2.07. The molecule has 0 radical (unpaired) electrons. The van der Waals surface area contributed by atoms with Crippen LogP contribution < -0.4 is 11.1 Å². The predicted octanol–water partition coefficient (Wildman–Crippen LogP) is 3.12. The minimum atomic E-state index is -0.0935. The average Bonchev–Trinajstić information content (AvgIpc) is 2.84. The molecule has 0 spiro atoms.